The van der Waals surface area contributed by atoms with Crippen LogP contribution in [0.1, 0.15) is 6.93 Å². The molecule has 0 aliphatic carbocycles. The van der Waals surface area contributed by atoms with Gasteiger partial charge in [-0.05, 0) is 78.7 Å². The molecule has 0 aliphatic heterocycles. The largest absolute Gasteiger partial charge is 0.457 e. The standard InChI is InChI=1S/C31H25NO/c1-24-12-20-30(21-13-24)33-31-22-18-29(19-23-31)32(27-10-6-3-7-11-27)28-16-14-26(15-17-28)25-8-4-2-5-9-25/h2-23H,1H3/i6T. The Morgan fingerprint density at radius 1 is 0.515 bits per heavy atom. The second kappa shape index (κ2) is 9.46. The molecule has 2 heteroatoms. The topological polar surface area (TPSA) is 12.5 Å². The molecule has 160 valence electrons. The number of hydrogen-bond donors (Lipinski definition) is 0. The number of rotatable bonds is 6. The minimum absolute atomic E-state index is 0.475. The van der Waals surface area contributed by atoms with Gasteiger partial charge < -0.3 is 9.64 Å². The summed E-state index contributed by atoms with van der Waals surface area (Å²) in [5.74, 6) is 1.59. The van der Waals surface area contributed by atoms with Crippen LogP contribution in [-0.2, 0) is 0 Å². The van der Waals surface area contributed by atoms with E-state index < -0.39 is 0 Å². The molecule has 0 aromatic heterocycles. The lowest BCUT2D eigenvalue weighted by Crippen LogP contribution is -2.09. The lowest BCUT2D eigenvalue weighted by atomic mass is 10.0. The second-order valence-electron chi connectivity index (χ2n) is 7.92. The molecule has 0 saturated carbocycles. The minimum Gasteiger partial charge on any atom is -0.457 e. The van der Waals surface area contributed by atoms with Gasteiger partial charge in [-0.2, -0.15) is 0 Å². The molecule has 2 nitrogen and oxygen atoms in total. The molecule has 0 N–H and O–H groups in total. The van der Waals surface area contributed by atoms with Crippen LogP contribution in [0.3, 0.4) is 0 Å². The lowest BCUT2D eigenvalue weighted by Gasteiger charge is -2.25. The third-order valence-corrected chi connectivity index (χ3v) is 5.53. The van der Waals surface area contributed by atoms with Gasteiger partial charge in [0.05, 0.1) is 1.37 Å². The molecular weight excluding hydrogens is 402 g/mol. The van der Waals surface area contributed by atoms with Crippen LogP contribution in [0.15, 0.2) is 133 Å². The van der Waals surface area contributed by atoms with Gasteiger partial charge in [0.1, 0.15) is 11.5 Å². The first-order chi connectivity index (χ1) is 16.7. The van der Waals surface area contributed by atoms with Crippen molar-refractivity contribution in [1.82, 2.24) is 0 Å². The number of hydrogen-bond acceptors (Lipinski definition) is 2. The highest BCUT2D eigenvalue weighted by atomic mass is 16.5. The van der Waals surface area contributed by atoms with Gasteiger partial charge in [-0.25, -0.2) is 0 Å². The number of nitrogens with zero attached hydrogens (tertiary/aromatic N) is 1. The third kappa shape index (κ3) is 4.81. The van der Waals surface area contributed by atoms with Gasteiger partial charge in [-0.1, -0.05) is 78.3 Å². The molecule has 33 heavy (non-hydrogen) atoms. The van der Waals surface area contributed by atoms with E-state index in [2.05, 4.69) is 60.4 Å². The number of ether oxygens (including phenoxy) is 1. The molecule has 5 aromatic rings. The molecule has 0 unspecified atom stereocenters. The number of anilines is 3. The van der Waals surface area contributed by atoms with E-state index in [-0.39, 0.29) is 0 Å². The Labute approximate surface area is 196 Å². The lowest BCUT2D eigenvalue weighted by molar-refractivity contribution is 0.482. The molecule has 0 aliphatic rings. The highest BCUT2D eigenvalue weighted by Crippen LogP contribution is 2.36. The maximum absolute atomic E-state index is 8.13. The summed E-state index contributed by atoms with van der Waals surface area (Å²) in [4.78, 5) is 2.16. The minimum atomic E-state index is 0.475. The van der Waals surface area contributed by atoms with Crippen molar-refractivity contribution in [2.75, 3.05) is 4.90 Å². The van der Waals surface area contributed by atoms with Crippen molar-refractivity contribution in [2.45, 2.75) is 6.92 Å². The highest BCUT2D eigenvalue weighted by molar-refractivity contribution is 5.78. The van der Waals surface area contributed by atoms with Gasteiger partial charge in [0, 0.05) is 17.1 Å². The van der Waals surface area contributed by atoms with Crippen molar-refractivity contribution in [1.29, 1.82) is 0 Å². The summed E-state index contributed by atoms with van der Waals surface area (Å²) in [5.41, 5.74) is 6.51. The fraction of sp³-hybridized carbons (Fsp3) is 0.0323. The average molecular weight is 430 g/mol. The van der Waals surface area contributed by atoms with Crippen LogP contribution < -0.4 is 9.64 Å². The number of benzene rings is 5. The summed E-state index contributed by atoms with van der Waals surface area (Å²) < 4.78 is 14.1. The molecule has 5 aromatic carbocycles. The quantitative estimate of drug-likeness (QED) is 0.267. The van der Waals surface area contributed by atoms with E-state index >= 15 is 0 Å². The van der Waals surface area contributed by atoms with Crippen LogP contribution in [0, 0.1) is 6.92 Å². The first kappa shape index (κ1) is 19.4. The molecule has 0 fully saturated rings. The highest BCUT2D eigenvalue weighted by Gasteiger charge is 2.12. The predicted octanol–water partition coefficient (Wildman–Crippen LogP) is 8.92. The summed E-state index contributed by atoms with van der Waals surface area (Å²) in [6.45, 7) is 2.06. The number of aryl methyl sites for hydroxylation is 1. The zero-order valence-electron chi connectivity index (χ0n) is 19.5. The van der Waals surface area contributed by atoms with Gasteiger partial charge in [-0.15, -0.1) is 0 Å². The van der Waals surface area contributed by atoms with Gasteiger partial charge in [0.15, 0.2) is 0 Å². The molecular formula is C31H25NO. The Kier molecular flexibility index (Phi) is 5.56. The third-order valence-electron chi connectivity index (χ3n) is 5.53. The van der Waals surface area contributed by atoms with Crippen LogP contribution in [0.4, 0.5) is 17.1 Å². The van der Waals surface area contributed by atoms with E-state index in [1.807, 2.05) is 72.8 Å². The summed E-state index contributed by atoms with van der Waals surface area (Å²) in [5, 5.41) is 0. The van der Waals surface area contributed by atoms with E-state index in [1.165, 1.54) is 16.7 Å². The summed E-state index contributed by atoms with van der Waals surface area (Å²) in [6, 6.07) is 43.0. The maximum atomic E-state index is 8.13. The van der Waals surface area contributed by atoms with Gasteiger partial charge >= 0.3 is 0 Å². The van der Waals surface area contributed by atoms with Crippen molar-refractivity contribution in [3.63, 3.8) is 0 Å². The van der Waals surface area contributed by atoms with Crippen LogP contribution in [0.5, 0.6) is 11.5 Å². The van der Waals surface area contributed by atoms with Crippen molar-refractivity contribution < 1.29 is 6.11 Å². The molecule has 0 heterocycles. The van der Waals surface area contributed by atoms with E-state index in [1.54, 1.807) is 6.07 Å². The van der Waals surface area contributed by atoms with Crippen molar-refractivity contribution in [2.24, 2.45) is 0 Å². The second-order valence-corrected chi connectivity index (χ2v) is 7.92. The monoisotopic (exact) mass is 429 g/mol. The Morgan fingerprint density at radius 2 is 1.03 bits per heavy atom. The Morgan fingerprint density at radius 3 is 1.67 bits per heavy atom. The molecule has 0 radical (unpaired) electrons. The molecule has 0 bridgehead atoms. The van der Waals surface area contributed by atoms with Crippen LogP contribution in [0.2, 0.25) is 0 Å². The van der Waals surface area contributed by atoms with E-state index in [9.17, 15) is 0 Å². The fourth-order valence-corrected chi connectivity index (χ4v) is 3.81. The van der Waals surface area contributed by atoms with Crippen LogP contribution >= 0.6 is 0 Å². The SMILES string of the molecule is [3H]c1cccc(N(c2ccc(Oc3ccc(C)cc3)cc2)c2ccc(-c3ccccc3)cc2)c1. The molecule has 5 rings (SSSR count). The van der Waals surface area contributed by atoms with Gasteiger partial charge in [-0.3, -0.25) is 0 Å². The first-order valence-corrected chi connectivity index (χ1v) is 11.0. The van der Waals surface area contributed by atoms with Gasteiger partial charge in [0.2, 0.25) is 0 Å². The Bertz CT molecular complexity index is 1360. The van der Waals surface area contributed by atoms with Crippen molar-refractivity contribution >= 4 is 17.1 Å². The Balaban J connectivity index is 1.47. The van der Waals surface area contributed by atoms with E-state index in [0.717, 1.165) is 28.6 Å². The zero-order valence-corrected chi connectivity index (χ0v) is 18.5. The normalized spacial score (nSPS) is 11.0. The smallest absolute Gasteiger partial charge is 0.127 e. The Hall–Kier alpha value is -4.30. The summed E-state index contributed by atoms with van der Waals surface area (Å²) in [6.07, 6.45) is 0. The van der Waals surface area contributed by atoms with Gasteiger partial charge in [0.25, 0.3) is 0 Å². The van der Waals surface area contributed by atoms with Crippen molar-refractivity contribution in [3.05, 3.63) is 139 Å². The van der Waals surface area contributed by atoms with E-state index in [4.69, 9.17) is 6.11 Å². The van der Waals surface area contributed by atoms with E-state index in [0.29, 0.717) is 6.04 Å². The van der Waals surface area contributed by atoms with Crippen LogP contribution in [0.25, 0.3) is 11.1 Å². The predicted molar refractivity (Wildman–Crippen MR) is 138 cm³/mol. The summed E-state index contributed by atoms with van der Waals surface area (Å²) >= 11 is 0. The maximum Gasteiger partial charge on any atom is 0.127 e. The average Bonchev–Trinajstić information content (AvgIpc) is 2.88. The molecule has 0 spiro atoms. The van der Waals surface area contributed by atoms with Crippen LogP contribution in [-0.4, -0.2) is 0 Å². The summed E-state index contributed by atoms with van der Waals surface area (Å²) in [7, 11) is 0. The van der Waals surface area contributed by atoms with Crippen molar-refractivity contribution in [3.8, 4) is 22.6 Å². The zero-order chi connectivity index (χ0) is 23.3. The number of para-hydroxylation sites is 1. The molecule has 0 saturated heterocycles. The molecule has 0 amide bonds. The molecule has 0 atom stereocenters. The fourth-order valence-electron chi connectivity index (χ4n) is 3.81. The first-order valence-electron chi connectivity index (χ1n) is 11.5.